The van der Waals surface area contributed by atoms with Gasteiger partial charge >= 0.3 is 0 Å². The minimum Gasteiger partial charge on any atom is -0.497 e. The van der Waals surface area contributed by atoms with E-state index >= 15 is 0 Å². The highest BCUT2D eigenvalue weighted by molar-refractivity contribution is 5.94. The maximum atomic E-state index is 13.9. The molecule has 5 amide bonds. The summed E-state index contributed by atoms with van der Waals surface area (Å²) >= 11 is 0. The van der Waals surface area contributed by atoms with Gasteiger partial charge in [0.2, 0.25) is 35.5 Å². The standard InChI is InChI=1S/C37H55N9O6/c1-26(2)23-30-35(50)42-31(24-28-10-12-29(52-5)13-11-28)36(51)43(4)27(3)34(49)38-16-8-18-45(17-6-9-32(47)41-30)33(48)25-44-19-21-46(22-20-44)37-39-14-7-15-40-37/h7,10-15,26-27,30-31H,6,8-9,16-25H2,1-5H3,(H,38,49)(H,41,47)(H,42,50)/t27-,30+,31-/m0/s1. The first-order chi connectivity index (χ1) is 24.9. The predicted molar refractivity (Wildman–Crippen MR) is 196 cm³/mol. The summed E-state index contributed by atoms with van der Waals surface area (Å²) in [5.41, 5.74) is 0.791. The molecule has 1 aromatic heterocycles. The number of hydrogen-bond donors (Lipinski definition) is 3. The molecular weight excluding hydrogens is 666 g/mol. The molecule has 2 aromatic rings. The Morgan fingerprint density at radius 3 is 2.23 bits per heavy atom. The zero-order valence-electron chi connectivity index (χ0n) is 31.2. The lowest BCUT2D eigenvalue weighted by molar-refractivity contribution is -0.141. The van der Waals surface area contributed by atoms with Crippen LogP contribution in [0.2, 0.25) is 0 Å². The number of anilines is 1. The zero-order chi connectivity index (χ0) is 37.6. The Morgan fingerprint density at radius 1 is 0.904 bits per heavy atom. The summed E-state index contributed by atoms with van der Waals surface area (Å²) in [4.78, 5) is 83.6. The maximum absolute atomic E-state index is 13.9. The molecule has 3 heterocycles. The number of aromatic nitrogens is 2. The lowest BCUT2D eigenvalue weighted by atomic mass is 10.00. The van der Waals surface area contributed by atoms with Crippen molar-refractivity contribution in [1.29, 1.82) is 0 Å². The Bertz CT molecular complexity index is 1480. The van der Waals surface area contributed by atoms with E-state index in [0.717, 1.165) is 5.56 Å². The number of nitrogens with one attached hydrogen (secondary N) is 3. The number of piperazine rings is 1. The second kappa shape index (κ2) is 19.7. The maximum Gasteiger partial charge on any atom is 0.245 e. The van der Waals surface area contributed by atoms with Gasteiger partial charge in [-0.15, -0.1) is 0 Å². The van der Waals surface area contributed by atoms with Crippen LogP contribution in [0.1, 0.15) is 52.0 Å². The molecule has 2 aliphatic rings. The highest BCUT2D eigenvalue weighted by Gasteiger charge is 2.32. The Kier molecular flexibility index (Phi) is 15.2. The molecule has 2 fully saturated rings. The van der Waals surface area contributed by atoms with E-state index in [1.165, 1.54) is 4.90 Å². The summed E-state index contributed by atoms with van der Waals surface area (Å²) in [6.07, 6.45) is 4.99. The van der Waals surface area contributed by atoms with Crippen LogP contribution < -0.4 is 25.6 Å². The Balaban J connectivity index is 1.45. The van der Waals surface area contributed by atoms with E-state index < -0.39 is 29.9 Å². The monoisotopic (exact) mass is 721 g/mol. The number of ether oxygens (including phenoxy) is 1. The number of benzene rings is 1. The fourth-order valence-corrected chi connectivity index (χ4v) is 6.32. The van der Waals surface area contributed by atoms with Crippen LogP contribution in [-0.2, 0) is 30.4 Å². The molecule has 0 saturated carbocycles. The third-order valence-corrected chi connectivity index (χ3v) is 9.54. The normalized spacial score (nSPS) is 22.3. The minimum atomic E-state index is -0.985. The van der Waals surface area contributed by atoms with Gasteiger partial charge in [0.05, 0.1) is 13.7 Å². The van der Waals surface area contributed by atoms with E-state index in [-0.39, 0.29) is 43.0 Å². The summed E-state index contributed by atoms with van der Waals surface area (Å²) in [5.74, 6) is -0.193. The Morgan fingerprint density at radius 2 is 1.58 bits per heavy atom. The van der Waals surface area contributed by atoms with Crippen LogP contribution >= 0.6 is 0 Å². The summed E-state index contributed by atoms with van der Waals surface area (Å²) in [7, 11) is 3.11. The summed E-state index contributed by atoms with van der Waals surface area (Å²) in [5, 5.41) is 8.68. The van der Waals surface area contributed by atoms with Crippen molar-refractivity contribution < 1.29 is 28.7 Å². The molecule has 0 radical (unpaired) electrons. The summed E-state index contributed by atoms with van der Waals surface area (Å²) in [6, 6.07) is 6.30. The van der Waals surface area contributed by atoms with Crippen molar-refractivity contribution in [2.75, 3.05) is 71.4 Å². The van der Waals surface area contributed by atoms with Gasteiger partial charge in [-0.25, -0.2) is 9.97 Å². The predicted octanol–water partition coefficient (Wildman–Crippen LogP) is 0.841. The number of amides is 5. The van der Waals surface area contributed by atoms with Crippen LogP contribution in [0.5, 0.6) is 5.75 Å². The van der Waals surface area contributed by atoms with Gasteiger partial charge in [-0.05, 0) is 55.9 Å². The Labute approximate surface area is 306 Å². The van der Waals surface area contributed by atoms with Gasteiger partial charge in [-0.3, -0.25) is 28.9 Å². The van der Waals surface area contributed by atoms with Crippen LogP contribution in [0.3, 0.4) is 0 Å². The van der Waals surface area contributed by atoms with E-state index in [4.69, 9.17) is 4.74 Å². The fraction of sp³-hybridized carbons (Fsp3) is 0.595. The van der Waals surface area contributed by atoms with E-state index in [1.54, 1.807) is 56.6 Å². The molecule has 284 valence electrons. The number of nitrogens with zero attached hydrogens (tertiary/aromatic N) is 6. The lowest BCUT2D eigenvalue weighted by Crippen LogP contribution is -2.57. The minimum absolute atomic E-state index is 0.0517. The van der Waals surface area contributed by atoms with Crippen molar-refractivity contribution in [3.05, 3.63) is 48.3 Å². The number of carbonyl (C=O) groups is 5. The quantitative estimate of drug-likeness (QED) is 0.355. The number of likely N-dealkylation sites (N-methyl/N-ethyl adjacent to an activating group) is 1. The highest BCUT2D eigenvalue weighted by atomic mass is 16.5. The molecule has 0 spiro atoms. The lowest BCUT2D eigenvalue weighted by Gasteiger charge is -2.35. The first kappa shape index (κ1) is 40.0. The second-order valence-electron chi connectivity index (χ2n) is 13.9. The molecule has 0 unspecified atom stereocenters. The van der Waals surface area contributed by atoms with Gasteiger partial charge in [-0.1, -0.05) is 26.0 Å². The van der Waals surface area contributed by atoms with Crippen LogP contribution in [0.25, 0.3) is 0 Å². The average Bonchev–Trinajstić information content (AvgIpc) is 3.14. The van der Waals surface area contributed by atoms with E-state index in [0.29, 0.717) is 76.8 Å². The molecule has 3 N–H and O–H groups in total. The molecule has 1 aromatic carbocycles. The first-order valence-corrected chi connectivity index (χ1v) is 18.2. The van der Waals surface area contributed by atoms with Crippen molar-refractivity contribution >= 4 is 35.5 Å². The molecule has 2 aliphatic heterocycles. The molecule has 4 rings (SSSR count). The highest BCUT2D eigenvalue weighted by Crippen LogP contribution is 2.16. The summed E-state index contributed by atoms with van der Waals surface area (Å²) in [6.45, 7) is 9.60. The van der Waals surface area contributed by atoms with Gasteiger partial charge in [0, 0.05) is 78.1 Å². The number of carbonyl (C=O) groups excluding carboxylic acids is 5. The molecule has 52 heavy (non-hydrogen) atoms. The van der Waals surface area contributed by atoms with Gasteiger partial charge < -0.3 is 35.4 Å². The van der Waals surface area contributed by atoms with Crippen LogP contribution in [-0.4, -0.2) is 139 Å². The van der Waals surface area contributed by atoms with Crippen LogP contribution in [0.15, 0.2) is 42.7 Å². The van der Waals surface area contributed by atoms with Crippen molar-refractivity contribution in [2.24, 2.45) is 5.92 Å². The van der Waals surface area contributed by atoms with Crippen molar-refractivity contribution in [2.45, 2.75) is 71.0 Å². The van der Waals surface area contributed by atoms with Crippen LogP contribution in [0, 0.1) is 5.92 Å². The zero-order valence-corrected chi connectivity index (χ0v) is 31.2. The number of methoxy groups -OCH3 is 1. The van der Waals surface area contributed by atoms with Crippen LogP contribution in [0.4, 0.5) is 5.95 Å². The second-order valence-corrected chi connectivity index (χ2v) is 13.9. The topological polar surface area (TPSA) is 169 Å². The van der Waals surface area contributed by atoms with Gasteiger partial charge in [0.15, 0.2) is 0 Å². The summed E-state index contributed by atoms with van der Waals surface area (Å²) < 4.78 is 5.26. The number of hydrogen-bond acceptors (Lipinski definition) is 10. The smallest absolute Gasteiger partial charge is 0.245 e. The molecule has 0 aliphatic carbocycles. The molecule has 0 bridgehead atoms. The van der Waals surface area contributed by atoms with E-state index in [9.17, 15) is 24.0 Å². The molecular formula is C37H55N9O6. The van der Waals surface area contributed by atoms with Gasteiger partial charge in [0.25, 0.3) is 0 Å². The molecule has 3 atom stereocenters. The third kappa shape index (κ3) is 11.9. The fourth-order valence-electron chi connectivity index (χ4n) is 6.32. The van der Waals surface area contributed by atoms with E-state index in [1.807, 2.05) is 26.0 Å². The molecule has 2 saturated heterocycles. The van der Waals surface area contributed by atoms with Crippen molar-refractivity contribution in [3.8, 4) is 5.75 Å². The SMILES string of the molecule is COc1ccc(C[C@@H]2NC(=O)[C@@H](CC(C)C)NC(=O)CCCN(C(=O)CN3CCN(c4ncccn4)CC3)CCCNC(=O)[C@H](C)N(C)C2=O)cc1. The largest absolute Gasteiger partial charge is 0.497 e. The number of rotatable bonds is 8. The molecule has 15 nitrogen and oxygen atoms in total. The van der Waals surface area contributed by atoms with E-state index in [2.05, 4.69) is 35.7 Å². The third-order valence-electron chi connectivity index (χ3n) is 9.54. The Hall–Kier alpha value is -4.79. The van der Waals surface area contributed by atoms with Crippen molar-refractivity contribution in [1.82, 2.24) is 40.6 Å². The first-order valence-electron chi connectivity index (χ1n) is 18.2. The van der Waals surface area contributed by atoms with Gasteiger partial charge in [0.1, 0.15) is 23.9 Å². The van der Waals surface area contributed by atoms with Gasteiger partial charge in [-0.2, -0.15) is 0 Å². The van der Waals surface area contributed by atoms with Crippen molar-refractivity contribution in [3.63, 3.8) is 0 Å². The average molecular weight is 722 g/mol. The molecule has 15 heteroatoms.